The molecule has 2 fully saturated rings. The first kappa shape index (κ1) is 16.3. The van der Waals surface area contributed by atoms with E-state index in [0.29, 0.717) is 5.41 Å². The van der Waals surface area contributed by atoms with Crippen LogP contribution in [0.15, 0.2) is 0 Å². The lowest BCUT2D eigenvalue weighted by atomic mass is 9.86. The predicted octanol–water partition coefficient (Wildman–Crippen LogP) is 2.57. The van der Waals surface area contributed by atoms with Gasteiger partial charge in [-0.1, -0.05) is 27.2 Å². The molecule has 3 heteroatoms. The molecule has 2 aliphatic rings. The molecule has 0 amide bonds. The van der Waals surface area contributed by atoms with E-state index >= 15 is 0 Å². The van der Waals surface area contributed by atoms with Gasteiger partial charge < -0.3 is 5.32 Å². The van der Waals surface area contributed by atoms with Gasteiger partial charge in [-0.3, -0.25) is 9.80 Å². The van der Waals surface area contributed by atoms with Gasteiger partial charge in [0.25, 0.3) is 0 Å². The zero-order chi connectivity index (χ0) is 14.4. The molecule has 118 valence electrons. The van der Waals surface area contributed by atoms with E-state index < -0.39 is 0 Å². The van der Waals surface area contributed by atoms with Gasteiger partial charge in [-0.25, -0.2) is 0 Å². The van der Waals surface area contributed by atoms with Gasteiger partial charge in [0.15, 0.2) is 0 Å². The molecule has 3 nitrogen and oxygen atoms in total. The van der Waals surface area contributed by atoms with Crippen LogP contribution in [-0.2, 0) is 0 Å². The normalized spacial score (nSPS) is 28.1. The molecule has 2 rings (SSSR count). The number of fused-ring (bicyclic) bond motifs is 1. The zero-order valence-corrected chi connectivity index (χ0v) is 14.0. The number of hydrogen-bond donors (Lipinski definition) is 1. The van der Waals surface area contributed by atoms with E-state index in [1.165, 1.54) is 71.4 Å². The second kappa shape index (κ2) is 7.77. The molecule has 0 spiro atoms. The molecule has 2 saturated heterocycles. The molecule has 2 unspecified atom stereocenters. The van der Waals surface area contributed by atoms with Crippen LogP contribution in [0.25, 0.3) is 0 Å². The number of nitrogens with zero attached hydrogens (tertiary/aromatic N) is 2. The maximum Gasteiger partial charge on any atom is 0.0223 e. The molecule has 2 heterocycles. The molecular formula is C17H35N3. The molecule has 0 aromatic rings. The van der Waals surface area contributed by atoms with E-state index in [9.17, 15) is 0 Å². The third-order valence-electron chi connectivity index (χ3n) is 5.36. The van der Waals surface area contributed by atoms with Gasteiger partial charge >= 0.3 is 0 Å². The Morgan fingerprint density at radius 1 is 1.15 bits per heavy atom. The third-order valence-corrected chi connectivity index (χ3v) is 5.36. The van der Waals surface area contributed by atoms with Crippen LogP contribution in [0.5, 0.6) is 0 Å². The minimum atomic E-state index is 0.437. The van der Waals surface area contributed by atoms with Crippen molar-refractivity contribution in [2.75, 3.05) is 45.8 Å². The van der Waals surface area contributed by atoms with Crippen LogP contribution in [0.4, 0.5) is 0 Å². The van der Waals surface area contributed by atoms with Crippen molar-refractivity contribution >= 4 is 0 Å². The van der Waals surface area contributed by atoms with Crippen molar-refractivity contribution in [3.63, 3.8) is 0 Å². The van der Waals surface area contributed by atoms with Gasteiger partial charge in [-0.15, -0.1) is 0 Å². The first-order chi connectivity index (χ1) is 9.67. The SMILES string of the molecule is CCCNCC(C)(CC)CN1CCN2CCCCC2C1. The molecule has 1 N–H and O–H groups in total. The van der Waals surface area contributed by atoms with Crippen LogP contribution in [0, 0.1) is 5.41 Å². The summed E-state index contributed by atoms with van der Waals surface area (Å²) in [4.78, 5) is 5.47. The third kappa shape index (κ3) is 4.44. The first-order valence-corrected chi connectivity index (χ1v) is 8.84. The van der Waals surface area contributed by atoms with E-state index in [-0.39, 0.29) is 0 Å². The highest BCUT2D eigenvalue weighted by atomic mass is 15.3. The summed E-state index contributed by atoms with van der Waals surface area (Å²) >= 11 is 0. The van der Waals surface area contributed by atoms with E-state index in [2.05, 4.69) is 35.9 Å². The number of hydrogen-bond acceptors (Lipinski definition) is 3. The topological polar surface area (TPSA) is 18.5 Å². The van der Waals surface area contributed by atoms with Crippen LogP contribution in [-0.4, -0.2) is 61.7 Å². The van der Waals surface area contributed by atoms with E-state index in [0.717, 1.165) is 12.6 Å². The lowest BCUT2D eigenvalue weighted by Crippen LogP contribution is -2.57. The van der Waals surface area contributed by atoms with Crippen LogP contribution in [0.3, 0.4) is 0 Å². The average molecular weight is 281 g/mol. The van der Waals surface area contributed by atoms with E-state index in [4.69, 9.17) is 0 Å². The zero-order valence-electron chi connectivity index (χ0n) is 14.0. The van der Waals surface area contributed by atoms with Crippen molar-refractivity contribution < 1.29 is 0 Å². The summed E-state index contributed by atoms with van der Waals surface area (Å²) in [5, 5.41) is 3.64. The minimum Gasteiger partial charge on any atom is -0.316 e. The maximum absolute atomic E-state index is 3.64. The Balaban J connectivity index is 1.81. The highest BCUT2D eigenvalue weighted by Crippen LogP contribution is 2.26. The number of rotatable bonds is 7. The first-order valence-electron chi connectivity index (χ1n) is 8.84. The van der Waals surface area contributed by atoms with E-state index in [1.54, 1.807) is 0 Å². The fraction of sp³-hybridized carbons (Fsp3) is 1.00. The Morgan fingerprint density at radius 2 is 2.00 bits per heavy atom. The monoisotopic (exact) mass is 281 g/mol. The van der Waals surface area contributed by atoms with Gasteiger partial charge in [0.2, 0.25) is 0 Å². The van der Waals surface area contributed by atoms with Gasteiger partial charge in [0, 0.05) is 38.8 Å². The molecule has 0 saturated carbocycles. The molecule has 2 atom stereocenters. The van der Waals surface area contributed by atoms with Gasteiger partial charge in [0.1, 0.15) is 0 Å². The predicted molar refractivity (Wildman–Crippen MR) is 87.2 cm³/mol. The summed E-state index contributed by atoms with van der Waals surface area (Å²) in [7, 11) is 0. The number of nitrogens with one attached hydrogen (secondary N) is 1. The number of piperidine rings is 1. The quantitative estimate of drug-likeness (QED) is 0.724. The smallest absolute Gasteiger partial charge is 0.0223 e. The van der Waals surface area contributed by atoms with Gasteiger partial charge in [-0.05, 0) is 44.2 Å². The molecule has 0 radical (unpaired) electrons. The van der Waals surface area contributed by atoms with Gasteiger partial charge in [-0.2, -0.15) is 0 Å². The van der Waals surface area contributed by atoms with Crippen molar-refractivity contribution in [2.45, 2.75) is 58.9 Å². The fourth-order valence-electron chi connectivity index (χ4n) is 3.76. The lowest BCUT2D eigenvalue weighted by Gasteiger charge is -2.46. The second-order valence-corrected chi connectivity index (χ2v) is 7.26. The summed E-state index contributed by atoms with van der Waals surface area (Å²) in [6.07, 6.45) is 6.80. The van der Waals surface area contributed by atoms with Crippen molar-refractivity contribution in [1.82, 2.24) is 15.1 Å². The molecule has 0 aromatic carbocycles. The van der Waals surface area contributed by atoms with Crippen molar-refractivity contribution in [3.05, 3.63) is 0 Å². The van der Waals surface area contributed by atoms with Crippen molar-refractivity contribution in [1.29, 1.82) is 0 Å². The van der Waals surface area contributed by atoms with E-state index in [1.807, 2.05) is 0 Å². The minimum absolute atomic E-state index is 0.437. The Hall–Kier alpha value is -0.120. The molecule has 20 heavy (non-hydrogen) atoms. The summed E-state index contributed by atoms with van der Waals surface area (Å²) in [5.41, 5.74) is 0.437. The second-order valence-electron chi connectivity index (χ2n) is 7.26. The highest BCUT2D eigenvalue weighted by molar-refractivity contribution is 4.88. The molecule has 2 aliphatic heterocycles. The largest absolute Gasteiger partial charge is 0.316 e. The Kier molecular flexibility index (Phi) is 6.31. The molecule has 0 aromatic heterocycles. The Morgan fingerprint density at radius 3 is 2.75 bits per heavy atom. The molecule has 0 bridgehead atoms. The van der Waals surface area contributed by atoms with Crippen LogP contribution < -0.4 is 5.32 Å². The lowest BCUT2D eigenvalue weighted by molar-refractivity contribution is 0.0279. The van der Waals surface area contributed by atoms with Crippen LogP contribution in [0.2, 0.25) is 0 Å². The summed E-state index contributed by atoms with van der Waals surface area (Å²) < 4.78 is 0. The maximum atomic E-state index is 3.64. The fourth-order valence-corrected chi connectivity index (χ4v) is 3.76. The Bertz CT molecular complexity index is 281. The summed E-state index contributed by atoms with van der Waals surface area (Å²) in [6.45, 7) is 15.9. The Labute approximate surface area is 126 Å². The van der Waals surface area contributed by atoms with Crippen molar-refractivity contribution in [3.8, 4) is 0 Å². The molecular weight excluding hydrogens is 246 g/mol. The van der Waals surface area contributed by atoms with Gasteiger partial charge in [0.05, 0.1) is 0 Å². The molecule has 0 aliphatic carbocycles. The van der Waals surface area contributed by atoms with Crippen LogP contribution in [0.1, 0.15) is 52.9 Å². The average Bonchev–Trinajstić information content (AvgIpc) is 2.47. The standard InChI is InChI=1S/C17H35N3/c1-4-9-18-14-17(3,5-2)15-19-11-12-20-10-7-6-8-16(20)13-19/h16,18H,4-15H2,1-3H3. The summed E-state index contributed by atoms with van der Waals surface area (Å²) in [6, 6.07) is 0.849. The van der Waals surface area contributed by atoms with Crippen molar-refractivity contribution in [2.24, 2.45) is 5.41 Å². The highest BCUT2D eigenvalue weighted by Gasteiger charge is 2.32. The van der Waals surface area contributed by atoms with Crippen LogP contribution >= 0.6 is 0 Å². The number of piperazine rings is 1. The summed E-state index contributed by atoms with van der Waals surface area (Å²) in [5.74, 6) is 0.